The molecular formula is C22H34FN5O3. The lowest BCUT2D eigenvalue weighted by atomic mass is 10.1. The van der Waals surface area contributed by atoms with Crippen LogP contribution in [0.3, 0.4) is 0 Å². The number of carbonyl (C=O) groups excluding carboxylic acids is 2. The smallest absolute Gasteiger partial charge is 0.407 e. The molecule has 1 unspecified atom stereocenters. The number of halogens is 1. The zero-order valence-electron chi connectivity index (χ0n) is 19.0. The molecule has 1 aromatic rings. The highest BCUT2D eigenvalue weighted by Gasteiger charge is 2.27. The van der Waals surface area contributed by atoms with Gasteiger partial charge in [-0.1, -0.05) is 6.07 Å². The number of carbonyl (C=O) groups is 2. The molecule has 1 atom stereocenters. The second-order valence-corrected chi connectivity index (χ2v) is 8.53. The van der Waals surface area contributed by atoms with E-state index >= 15 is 0 Å². The third-order valence-electron chi connectivity index (χ3n) is 4.64. The average molecular weight is 436 g/mol. The molecule has 31 heavy (non-hydrogen) atoms. The highest BCUT2D eigenvalue weighted by molar-refractivity contribution is 5.94. The van der Waals surface area contributed by atoms with E-state index in [4.69, 9.17) is 4.74 Å². The molecule has 8 nitrogen and oxygen atoms in total. The Kier molecular flexibility index (Phi) is 8.65. The molecule has 0 radical (unpaired) electrons. The van der Waals surface area contributed by atoms with Gasteiger partial charge in [0.15, 0.2) is 5.96 Å². The van der Waals surface area contributed by atoms with Gasteiger partial charge >= 0.3 is 6.09 Å². The lowest BCUT2D eigenvalue weighted by Gasteiger charge is -2.23. The van der Waals surface area contributed by atoms with E-state index in [1.807, 2.05) is 27.7 Å². The number of nitrogens with zero attached hydrogens (tertiary/aromatic N) is 2. The van der Waals surface area contributed by atoms with Crippen LogP contribution in [0.1, 0.15) is 50.0 Å². The van der Waals surface area contributed by atoms with Crippen LogP contribution in [-0.4, -0.2) is 67.2 Å². The van der Waals surface area contributed by atoms with Crippen LogP contribution >= 0.6 is 0 Å². The SMILES string of the molecule is CCNC(=NCCNC(=O)c1ccc(C)c(F)c1)N1CCC(NC(=O)OC(C)(C)C)C1. The van der Waals surface area contributed by atoms with Crippen LogP contribution in [0.5, 0.6) is 0 Å². The van der Waals surface area contributed by atoms with Gasteiger partial charge in [0, 0.05) is 31.7 Å². The molecule has 1 aliphatic heterocycles. The predicted octanol–water partition coefficient (Wildman–Crippen LogP) is 2.43. The topological polar surface area (TPSA) is 95.1 Å². The van der Waals surface area contributed by atoms with E-state index in [1.165, 1.54) is 6.07 Å². The van der Waals surface area contributed by atoms with Crippen molar-refractivity contribution in [1.82, 2.24) is 20.9 Å². The van der Waals surface area contributed by atoms with Gasteiger partial charge in [0.1, 0.15) is 11.4 Å². The predicted molar refractivity (Wildman–Crippen MR) is 119 cm³/mol. The van der Waals surface area contributed by atoms with E-state index in [-0.39, 0.29) is 17.5 Å². The normalized spacial score (nSPS) is 16.8. The number of aryl methyl sites for hydroxylation is 1. The van der Waals surface area contributed by atoms with Crippen LogP contribution in [0.4, 0.5) is 9.18 Å². The first kappa shape index (κ1) is 24.4. The molecule has 9 heteroatoms. The molecule has 0 aliphatic carbocycles. The Balaban J connectivity index is 1.84. The summed E-state index contributed by atoms with van der Waals surface area (Å²) in [7, 11) is 0. The standard InChI is InChI=1S/C22H34FN5O3/c1-6-24-20(28-12-9-17(14-28)27-21(30)31-22(3,4)5)26-11-10-25-19(29)16-8-7-15(2)18(23)13-16/h7-8,13,17H,6,9-12,14H2,1-5H3,(H,24,26)(H,25,29)(H,27,30). The molecule has 1 saturated heterocycles. The summed E-state index contributed by atoms with van der Waals surface area (Å²) in [6.45, 7) is 11.9. The number of hydrogen-bond acceptors (Lipinski definition) is 4. The zero-order valence-corrected chi connectivity index (χ0v) is 19.0. The van der Waals surface area contributed by atoms with Crippen molar-refractivity contribution < 1.29 is 18.7 Å². The van der Waals surface area contributed by atoms with Gasteiger partial charge in [-0.25, -0.2) is 9.18 Å². The second-order valence-electron chi connectivity index (χ2n) is 8.53. The minimum absolute atomic E-state index is 0.0187. The van der Waals surface area contributed by atoms with Crippen LogP contribution in [0.25, 0.3) is 0 Å². The largest absolute Gasteiger partial charge is 0.444 e. The minimum Gasteiger partial charge on any atom is -0.444 e. The van der Waals surface area contributed by atoms with E-state index < -0.39 is 17.5 Å². The summed E-state index contributed by atoms with van der Waals surface area (Å²) in [5, 5.41) is 8.90. The molecule has 0 spiro atoms. The molecule has 3 N–H and O–H groups in total. The summed E-state index contributed by atoms with van der Waals surface area (Å²) in [6.07, 6.45) is 0.371. The van der Waals surface area contributed by atoms with Gasteiger partial charge in [-0.05, 0) is 58.7 Å². The molecule has 1 fully saturated rings. The van der Waals surface area contributed by atoms with Gasteiger partial charge in [-0.15, -0.1) is 0 Å². The number of ether oxygens (including phenoxy) is 1. The van der Waals surface area contributed by atoms with E-state index in [0.717, 1.165) is 18.9 Å². The molecule has 172 valence electrons. The van der Waals surface area contributed by atoms with Crippen molar-refractivity contribution in [3.63, 3.8) is 0 Å². The Hall–Kier alpha value is -2.84. The molecule has 0 saturated carbocycles. The fourth-order valence-corrected chi connectivity index (χ4v) is 3.14. The fraction of sp³-hybridized carbons (Fsp3) is 0.591. The molecule has 0 aromatic heterocycles. The summed E-state index contributed by atoms with van der Waals surface area (Å²) in [5.41, 5.74) is 0.254. The van der Waals surface area contributed by atoms with E-state index in [1.54, 1.807) is 19.1 Å². The third kappa shape index (κ3) is 8.07. The van der Waals surface area contributed by atoms with Gasteiger partial charge in [0.05, 0.1) is 12.6 Å². The summed E-state index contributed by atoms with van der Waals surface area (Å²) >= 11 is 0. The van der Waals surface area contributed by atoms with E-state index in [2.05, 4.69) is 25.8 Å². The van der Waals surface area contributed by atoms with Crippen molar-refractivity contribution in [2.45, 2.75) is 52.7 Å². The molecule has 2 amide bonds. The van der Waals surface area contributed by atoms with Gasteiger partial charge in [-0.3, -0.25) is 9.79 Å². The molecule has 1 aromatic carbocycles. The number of hydrogen-bond donors (Lipinski definition) is 3. The summed E-state index contributed by atoms with van der Waals surface area (Å²) in [4.78, 5) is 30.8. The summed E-state index contributed by atoms with van der Waals surface area (Å²) in [5.74, 6) is -0.00259. The highest BCUT2D eigenvalue weighted by atomic mass is 19.1. The van der Waals surface area contributed by atoms with Crippen LogP contribution in [0.15, 0.2) is 23.2 Å². The number of guanidine groups is 1. The Bertz CT molecular complexity index is 807. The number of aliphatic imine (C=N–C) groups is 1. The molecule has 1 aliphatic rings. The number of alkyl carbamates (subject to hydrolysis) is 1. The van der Waals surface area contributed by atoms with Crippen LogP contribution in [0, 0.1) is 12.7 Å². The van der Waals surface area contributed by atoms with Crippen molar-refractivity contribution in [1.29, 1.82) is 0 Å². The number of amides is 2. The average Bonchev–Trinajstić information content (AvgIpc) is 3.12. The van der Waals surface area contributed by atoms with Crippen molar-refractivity contribution in [3.8, 4) is 0 Å². The fourth-order valence-electron chi connectivity index (χ4n) is 3.14. The first-order valence-electron chi connectivity index (χ1n) is 10.7. The third-order valence-corrected chi connectivity index (χ3v) is 4.64. The Morgan fingerprint density at radius 3 is 2.68 bits per heavy atom. The lowest BCUT2D eigenvalue weighted by Crippen LogP contribution is -2.44. The van der Waals surface area contributed by atoms with E-state index in [0.29, 0.717) is 31.7 Å². The van der Waals surface area contributed by atoms with E-state index in [9.17, 15) is 14.0 Å². The van der Waals surface area contributed by atoms with Gasteiger partial charge in [-0.2, -0.15) is 0 Å². The first-order chi connectivity index (χ1) is 14.6. The Morgan fingerprint density at radius 2 is 2.03 bits per heavy atom. The summed E-state index contributed by atoms with van der Waals surface area (Å²) in [6, 6.07) is 4.40. The number of rotatable bonds is 6. The second kappa shape index (κ2) is 11.0. The van der Waals surface area contributed by atoms with Gasteiger partial charge in [0.25, 0.3) is 5.91 Å². The maximum absolute atomic E-state index is 13.6. The highest BCUT2D eigenvalue weighted by Crippen LogP contribution is 2.12. The number of likely N-dealkylation sites (tertiary alicyclic amines) is 1. The first-order valence-corrected chi connectivity index (χ1v) is 10.7. The molecule has 0 bridgehead atoms. The number of nitrogens with one attached hydrogen (secondary N) is 3. The maximum Gasteiger partial charge on any atom is 0.407 e. The van der Waals surface area contributed by atoms with Crippen molar-refractivity contribution >= 4 is 18.0 Å². The summed E-state index contributed by atoms with van der Waals surface area (Å²) < 4.78 is 19.0. The number of benzene rings is 1. The molecular weight excluding hydrogens is 401 g/mol. The monoisotopic (exact) mass is 435 g/mol. The molecule has 2 rings (SSSR count). The van der Waals surface area contributed by atoms with Crippen LogP contribution < -0.4 is 16.0 Å². The Morgan fingerprint density at radius 1 is 1.29 bits per heavy atom. The minimum atomic E-state index is -0.534. The maximum atomic E-state index is 13.6. The van der Waals surface area contributed by atoms with Crippen molar-refractivity contribution in [3.05, 3.63) is 35.1 Å². The van der Waals surface area contributed by atoms with Crippen molar-refractivity contribution in [2.24, 2.45) is 4.99 Å². The van der Waals surface area contributed by atoms with Crippen LogP contribution in [-0.2, 0) is 4.74 Å². The van der Waals surface area contributed by atoms with Gasteiger partial charge < -0.3 is 25.6 Å². The lowest BCUT2D eigenvalue weighted by molar-refractivity contribution is 0.0507. The zero-order chi connectivity index (χ0) is 23.0. The van der Waals surface area contributed by atoms with Crippen molar-refractivity contribution in [2.75, 3.05) is 32.7 Å². The van der Waals surface area contributed by atoms with Gasteiger partial charge in [0.2, 0.25) is 0 Å². The quantitative estimate of drug-likeness (QED) is 0.362. The molecule has 1 heterocycles. The van der Waals surface area contributed by atoms with Crippen LogP contribution in [0.2, 0.25) is 0 Å². The Labute approximate surface area is 183 Å².